The molecule has 56 valence electrons. The van der Waals surface area contributed by atoms with Crippen molar-refractivity contribution < 1.29 is 9.90 Å². The minimum Gasteiger partial charge on any atom is -0.478 e. The van der Waals surface area contributed by atoms with Crippen molar-refractivity contribution in [2.24, 2.45) is 11.8 Å². The Hall–Kier alpha value is -0.790. The molecule has 0 radical (unpaired) electrons. The van der Waals surface area contributed by atoms with Gasteiger partial charge in [-0.05, 0) is 18.3 Å². The number of hydrogen-bond donors (Lipinski definition) is 1. The second-order valence-corrected chi connectivity index (χ2v) is 2.97. The molecule has 2 heteroatoms. The fourth-order valence-electron chi connectivity index (χ4n) is 1.29. The Morgan fingerprint density at radius 3 is 2.50 bits per heavy atom. The summed E-state index contributed by atoms with van der Waals surface area (Å²) in [5, 5.41) is 8.63. The minimum atomic E-state index is -0.753. The number of carbonyl (C=O) groups is 1. The van der Waals surface area contributed by atoms with Crippen LogP contribution in [-0.4, -0.2) is 11.1 Å². The summed E-state index contributed by atoms with van der Waals surface area (Å²) in [4.78, 5) is 10.5. The summed E-state index contributed by atoms with van der Waals surface area (Å²) in [6.07, 6.45) is 2.75. The highest BCUT2D eigenvalue weighted by Gasteiger charge is 2.26. The lowest BCUT2D eigenvalue weighted by atomic mass is 9.95. The molecule has 1 aliphatic carbocycles. The van der Waals surface area contributed by atoms with E-state index in [0.717, 1.165) is 6.42 Å². The molecule has 0 amide bonds. The lowest BCUT2D eigenvalue weighted by molar-refractivity contribution is -0.133. The molecule has 1 rings (SSSR count). The molecule has 1 aliphatic rings. The van der Waals surface area contributed by atoms with Gasteiger partial charge in [-0.1, -0.05) is 19.9 Å². The third-order valence-corrected chi connectivity index (χ3v) is 2.30. The Morgan fingerprint density at radius 2 is 2.30 bits per heavy atom. The molecule has 2 nitrogen and oxygen atoms in total. The van der Waals surface area contributed by atoms with Crippen LogP contribution in [0, 0.1) is 11.8 Å². The predicted molar refractivity (Wildman–Crippen MR) is 38.7 cm³/mol. The standard InChI is InChI=1S/C8H12O2/c1-5-3-4-7(6(5)2)8(9)10/h4-6H,3H2,1-2H3,(H,9,10)/t5-,6-/m1/s1. The van der Waals surface area contributed by atoms with E-state index in [1.807, 2.05) is 13.0 Å². The van der Waals surface area contributed by atoms with Crippen LogP contribution in [0.2, 0.25) is 0 Å². The topological polar surface area (TPSA) is 37.3 Å². The maximum Gasteiger partial charge on any atom is 0.331 e. The molecule has 0 saturated carbocycles. The molecule has 0 fully saturated rings. The predicted octanol–water partition coefficient (Wildman–Crippen LogP) is 1.67. The molecule has 0 aromatic rings. The summed E-state index contributed by atoms with van der Waals surface area (Å²) in [6.45, 7) is 4.05. The first-order valence-electron chi connectivity index (χ1n) is 3.56. The van der Waals surface area contributed by atoms with E-state index >= 15 is 0 Å². The van der Waals surface area contributed by atoms with E-state index in [9.17, 15) is 4.79 Å². The highest BCUT2D eigenvalue weighted by molar-refractivity contribution is 5.87. The molecule has 0 saturated heterocycles. The van der Waals surface area contributed by atoms with Gasteiger partial charge in [-0.2, -0.15) is 0 Å². The van der Waals surface area contributed by atoms with Gasteiger partial charge in [0.25, 0.3) is 0 Å². The van der Waals surface area contributed by atoms with Gasteiger partial charge < -0.3 is 5.11 Å². The Labute approximate surface area is 60.6 Å². The van der Waals surface area contributed by atoms with Gasteiger partial charge in [0, 0.05) is 5.57 Å². The summed E-state index contributed by atoms with van der Waals surface area (Å²) >= 11 is 0. The number of aliphatic carboxylic acids is 1. The first-order valence-corrected chi connectivity index (χ1v) is 3.56. The van der Waals surface area contributed by atoms with Crippen molar-refractivity contribution in [1.29, 1.82) is 0 Å². The van der Waals surface area contributed by atoms with E-state index in [-0.39, 0.29) is 5.92 Å². The maximum atomic E-state index is 10.5. The van der Waals surface area contributed by atoms with Crippen LogP contribution in [0.1, 0.15) is 20.3 Å². The van der Waals surface area contributed by atoms with Crippen LogP contribution in [0.25, 0.3) is 0 Å². The van der Waals surface area contributed by atoms with Crippen LogP contribution in [-0.2, 0) is 4.79 Å². The van der Waals surface area contributed by atoms with Gasteiger partial charge in [0.05, 0.1) is 0 Å². The Kier molecular flexibility index (Phi) is 1.79. The van der Waals surface area contributed by atoms with Crippen LogP contribution in [0.15, 0.2) is 11.6 Å². The number of carboxylic acid groups (broad SMARTS) is 1. The molecule has 0 spiro atoms. The molecule has 0 heterocycles. The van der Waals surface area contributed by atoms with Gasteiger partial charge in [-0.15, -0.1) is 0 Å². The van der Waals surface area contributed by atoms with Gasteiger partial charge in [-0.3, -0.25) is 0 Å². The van der Waals surface area contributed by atoms with E-state index in [0.29, 0.717) is 11.5 Å². The number of carboxylic acids is 1. The maximum absolute atomic E-state index is 10.5. The van der Waals surface area contributed by atoms with E-state index in [1.54, 1.807) is 0 Å². The van der Waals surface area contributed by atoms with Crippen molar-refractivity contribution in [2.45, 2.75) is 20.3 Å². The minimum absolute atomic E-state index is 0.234. The average molecular weight is 140 g/mol. The van der Waals surface area contributed by atoms with Crippen LogP contribution in [0.4, 0.5) is 0 Å². The Bertz CT molecular complexity index is 182. The van der Waals surface area contributed by atoms with Crippen LogP contribution < -0.4 is 0 Å². The van der Waals surface area contributed by atoms with E-state index < -0.39 is 5.97 Å². The quantitative estimate of drug-likeness (QED) is 0.601. The van der Waals surface area contributed by atoms with Crippen molar-refractivity contribution in [2.75, 3.05) is 0 Å². The first kappa shape index (κ1) is 7.32. The lowest BCUT2D eigenvalue weighted by Crippen LogP contribution is -2.10. The van der Waals surface area contributed by atoms with Crippen LogP contribution in [0.5, 0.6) is 0 Å². The normalized spacial score (nSPS) is 32.0. The molecule has 0 aromatic heterocycles. The van der Waals surface area contributed by atoms with Crippen molar-refractivity contribution in [3.63, 3.8) is 0 Å². The highest BCUT2D eigenvalue weighted by atomic mass is 16.4. The number of allylic oxidation sites excluding steroid dienone is 1. The van der Waals surface area contributed by atoms with Crippen LogP contribution in [0.3, 0.4) is 0 Å². The van der Waals surface area contributed by atoms with Crippen molar-refractivity contribution in [3.05, 3.63) is 11.6 Å². The van der Waals surface area contributed by atoms with Crippen molar-refractivity contribution >= 4 is 5.97 Å². The molecule has 0 aromatic carbocycles. The summed E-state index contributed by atoms with van der Waals surface area (Å²) in [5.74, 6) is -0.0135. The Morgan fingerprint density at radius 1 is 1.70 bits per heavy atom. The SMILES string of the molecule is C[C@@H]1CC=C(C(=O)O)[C@@H]1C. The zero-order valence-electron chi connectivity index (χ0n) is 6.29. The Balaban J connectivity index is 2.72. The smallest absolute Gasteiger partial charge is 0.331 e. The molecule has 0 aliphatic heterocycles. The van der Waals surface area contributed by atoms with Crippen molar-refractivity contribution in [3.8, 4) is 0 Å². The fourth-order valence-corrected chi connectivity index (χ4v) is 1.29. The summed E-state index contributed by atoms with van der Waals surface area (Å²) in [5.41, 5.74) is 0.590. The molecular weight excluding hydrogens is 128 g/mol. The largest absolute Gasteiger partial charge is 0.478 e. The van der Waals surface area contributed by atoms with E-state index in [1.165, 1.54) is 0 Å². The molecular formula is C8H12O2. The average Bonchev–Trinajstić information content (AvgIpc) is 2.14. The third kappa shape index (κ3) is 1.06. The third-order valence-electron chi connectivity index (χ3n) is 2.30. The zero-order chi connectivity index (χ0) is 7.72. The van der Waals surface area contributed by atoms with Gasteiger partial charge in [-0.25, -0.2) is 4.79 Å². The van der Waals surface area contributed by atoms with Gasteiger partial charge in [0.15, 0.2) is 0 Å². The van der Waals surface area contributed by atoms with Gasteiger partial charge in [0.1, 0.15) is 0 Å². The summed E-state index contributed by atoms with van der Waals surface area (Å²) in [6, 6.07) is 0. The van der Waals surface area contributed by atoms with Gasteiger partial charge in [0.2, 0.25) is 0 Å². The molecule has 0 bridgehead atoms. The van der Waals surface area contributed by atoms with Crippen LogP contribution >= 0.6 is 0 Å². The lowest BCUT2D eigenvalue weighted by Gasteiger charge is -2.09. The monoisotopic (exact) mass is 140 g/mol. The summed E-state index contributed by atoms with van der Waals surface area (Å²) < 4.78 is 0. The van der Waals surface area contributed by atoms with E-state index in [2.05, 4.69) is 6.92 Å². The van der Waals surface area contributed by atoms with Crippen molar-refractivity contribution in [1.82, 2.24) is 0 Å². The molecule has 1 N–H and O–H groups in total. The zero-order valence-corrected chi connectivity index (χ0v) is 6.29. The number of rotatable bonds is 1. The first-order chi connectivity index (χ1) is 4.63. The summed E-state index contributed by atoms with van der Waals surface area (Å²) in [7, 11) is 0. The highest BCUT2D eigenvalue weighted by Crippen LogP contribution is 2.30. The molecule has 10 heavy (non-hydrogen) atoms. The second kappa shape index (κ2) is 2.45. The second-order valence-electron chi connectivity index (χ2n) is 2.97. The van der Waals surface area contributed by atoms with E-state index in [4.69, 9.17) is 5.11 Å². The number of hydrogen-bond acceptors (Lipinski definition) is 1. The fraction of sp³-hybridized carbons (Fsp3) is 0.625. The molecule has 2 atom stereocenters. The van der Waals surface area contributed by atoms with Gasteiger partial charge >= 0.3 is 5.97 Å². The molecule has 0 unspecified atom stereocenters.